The van der Waals surface area contributed by atoms with Crippen molar-refractivity contribution in [3.05, 3.63) is 59.2 Å². The van der Waals surface area contributed by atoms with Gasteiger partial charge in [-0.1, -0.05) is 29.8 Å². The number of amides is 1. The predicted octanol–water partition coefficient (Wildman–Crippen LogP) is 2.81. The van der Waals surface area contributed by atoms with Crippen molar-refractivity contribution in [1.29, 1.82) is 0 Å². The molecule has 138 valence electrons. The zero-order chi connectivity index (χ0) is 18.9. The number of aryl methyl sites for hydroxylation is 1. The Morgan fingerprint density at radius 3 is 2.69 bits per heavy atom. The Balaban J connectivity index is 1.72. The van der Waals surface area contributed by atoms with Gasteiger partial charge in [0.2, 0.25) is 15.9 Å². The van der Waals surface area contributed by atoms with Crippen LogP contribution in [0.3, 0.4) is 0 Å². The Labute approximate surface area is 155 Å². The summed E-state index contributed by atoms with van der Waals surface area (Å²) in [5, 5.41) is 0. The first-order valence-electron chi connectivity index (χ1n) is 8.76. The minimum Gasteiger partial charge on any atom is -0.309 e. The number of nitrogens with zero attached hydrogens (tertiary/aromatic N) is 1. The van der Waals surface area contributed by atoms with Crippen LogP contribution in [0.25, 0.3) is 0 Å². The second kappa shape index (κ2) is 7.21. The maximum atomic E-state index is 12.6. The number of hydrogen-bond donors (Lipinski definition) is 1. The van der Waals surface area contributed by atoms with Crippen LogP contribution < -0.4 is 9.62 Å². The molecule has 1 atom stereocenters. The molecule has 0 fully saturated rings. The molecule has 2 aromatic carbocycles. The van der Waals surface area contributed by atoms with Crippen LogP contribution in [-0.2, 0) is 27.7 Å². The molecule has 0 saturated carbocycles. The number of benzene rings is 2. The molecule has 3 rings (SSSR count). The van der Waals surface area contributed by atoms with Gasteiger partial charge in [0.1, 0.15) is 0 Å². The summed E-state index contributed by atoms with van der Waals surface area (Å²) < 4.78 is 27.9. The molecular weight excluding hydrogens is 348 g/mol. The number of carbonyl (C=O) groups is 1. The van der Waals surface area contributed by atoms with E-state index in [2.05, 4.69) is 10.8 Å². The number of carbonyl (C=O) groups excluding carboxylic acids is 1. The average Bonchev–Trinajstić information content (AvgIpc) is 2.89. The highest BCUT2D eigenvalue weighted by atomic mass is 32.2. The van der Waals surface area contributed by atoms with E-state index >= 15 is 0 Å². The highest BCUT2D eigenvalue weighted by molar-refractivity contribution is 7.89. The van der Waals surface area contributed by atoms with E-state index < -0.39 is 10.0 Å². The van der Waals surface area contributed by atoms with Crippen LogP contribution in [0.2, 0.25) is 0 Å². The van der Waals surface area contributed by atoms with Crippen LogP contribution in [-0.4, -0.2) is 26.9 Å². The van der Waals surface area contributed by atoms with Gasteiger partial charge in [-0.3, -0.25) is 4.79 Å². The van der Waals surface area contributed by atoms with Gasteiger partial charge in [-0.2, -0.15) is 0 Å². The molecule has 0 aliphatic carbocycles. The second-order valence-corrected chi connectivity index (χ2v) is 8.64. The van der Waals surface area contributed by atoms with Crippen molar-refractivity contribution in [2.75, 3.05) is 11.4 Å². The van der Waals surface area contributed by atoms with Crippen LogP contribution in [0.1, 0.15) is 30.5 Å². The van der Waals surface area contributed by atoms with E-state index in [-0.39, 0.29) is 16.8 Å². The van der Waals surface area contributed by atoms with E-state index in [0.717, 1.165) is 22.4 Å². The average molecular weight is 372 g/mol. The molecule has 6 heteroatoms. The van der Waals surface area contributed by atoms with Gasteiger partial charge in [0.15, 0.2) is 0 Å². The predicted molar refractivity (Wildman–Crippen MR) is 103 cm³/mol. The summed E-state index contributed by atoms with van der Waals surface area (Å²) in [4.78, 5) is 13.8. The first kappa shape index (κ1) is 18.6. The molecule has 26 heavy (non-hydrogen) atoms. The van der Waals surface area contributed by atoms with Crippen LogP contribution in [0.15, 0.2) is 47.4 Å². The van der Waals surface area contributed by atoms with Crippen LogP contribution in [0.4, 0.5) is 5.69 Å². The number of sulfonamides is 1. The molecule has 0 saturated heterocycles. The second-order valence-electron chi connectivity index (χ2n) is 6.87. The molecule has 1 aliphatic heterocycles. The lowest BCUT2D eigenvalue weighted by molar-refractivity contribution is -0.116. The molecule has 0 bridgehead atoms. The van der Waals surface area contributed by atoms with Crippen molar-refractivity contribution in [1.82, 2.24) is 4.72 Å². The third-order valence-corrected chi connectivity index (χ3v) is 6.16. The van der Waals surface area contributed by atoms with E-state index in [0.29, 0.717) is 19.4 Å². The molecule has 1 heterocycles. The summed E-state index contributed by atoms with van der Waals surface area (Å²) >= 11 is 0. The van der Waals surface area contributed by atoms with E-state index in [1.807, 2.05) is 32.0 Å². The topological polar surface area (TPSA) is 66.5 Å². The smallest absolute Gasteiger partial charge is 0.240 e. The molecule has 5 nitrogen and oxygen atoms in total. The number of fused-ring (bicyclic) bond motifs is 1. The molecule has 1 unspecified atom stereocenters. The first-order chi connectivity index (χ1) is 12.3. The van der Waals surface area contributed by atoms with Gasteiger partial charge in [-0.05, 0) is 56.0 Å². The Kier molecular flexibility index (Phi) is 5.16. The van der Waals surface area contributed by atoms with E-state index in [1.54, 1.807) is 23.1 Å². The lowest BCUT2D eigenvalue weighted by Crippen LogP contribution is -2.33. The molecule has 2 aromatic rings. The van der Waals surface area contributed by atoms with Crippen molar-refractivity contribution in [2.24, 2.45) is 0 Å². The highest BCUT2D eigenvalue weighted by Gasteiger charge is 2.30. The van der Waals surface area contributed by atoms with Crippen LogP contribution in [0, 0.1) is 6.92 Å². The minimum absolute atomic E-state index is 0.0249. The standard InChI is InChI=1S/C20H24N2O3S/c1-14-5-4-6-17(11-14)9-10-21-26(24,25)19-7-8-20-18(13-19)12-15(2)22(20)16(3)23/h4-8,11,13,15,21H,9-10,12H2,1-3H3. The van der Waals surface area contributed by atoms with Crippen molar-refractivity contribution < 1.29 is 13.2 Å². The normalized spacial score (nSPS) is 16.6. The fourth-order valence-electron chi connectivity index (χ4n) is 3.54. The molecule has 0 spiro atoms. The lowest BCUT2D eigenvalue weighted by Gasteiger charge is -2.20. The summed E-state index contributed by atoms with van der Waals surface area (Å²) in [5.74, 6) is -0.0249. The highest BCUT2D eigenvalue weighted by Crippen LogP contribution is 2.33. The van der Waals surface area contributed by atoms with Crippen molar-refractivity contribution in [3.63, 3.8) is 0 Å². The SMILES string of the molecule is CC(=O)N1c2ccc(S(=O)(=O)NCCc3cccc(C)c3)cc2CC1C. The van der Waals surface area contributed by atoms with Gasteiger partial charge in [0.05, 0.1) is 4.90 Å². The molecule has 0 aromatic heterocycles. The van der Waals surface area contributed by atoms with Gasteiger partial charge < -0.3 is 4.90 Å². The minimum atomic E-state index is -3.57. The van der Waals surface area contributed by atoms with Gasteiger partial charge in [-0.25, -0.2) is 13.1 Å². The third kappa shape index (κ3) is 3.81. The fourth-order valence-corrected chi connectivity index (χ4v) is 4.62. The maximum absolute atomic E-state index is 12.6. The van der Waals surface area contributed by atoms with Gasteiger partial charge in [-0.15, -0.1) is 0 Å². The van der Waals surface area contributed by atoms with Crippen LogP contribution in [0.5, 0.6) is 0 Å². The largest absolute Gasteiger partial charge is 0.309 e. The quantitative estimate of drug-likeness (QED) is 0.878. The molecular formula is C20H24N2O3S. The first-order valence-corrected chi connectivity index (χ1v) is 10.2. The monoisotopic (exact) mass is 372 g/mol. The van der Waals surface area contributed by atoms with Gasteiger partial charge in [0.25, 0.3) is 0 Å². The summed E-state index contributed by atoms with van der Waals surface area (Å²) in [7, 11) is -3.57. The summed E-state index contributed by atoms with van der Waals surface area (Å²) in [6.07, 6.45) is 1.31. The lowest BCUT2D eigenvalue weighted by atomic mass is 10.1. The van der Waals surface area contributed by atoms with Gasteiger partial charge >= 0.3 is 0 Å². The Hall–Kier alpha value is -2.18. The molecule has 1 amide bonds. The fraction of sp³-hybridized carbons (Fsp3) is 0.350. The van der Waals surface area contributed by atoms with Gasteiger partial charge in [0, 0.05) is 25.2 Å². The number of rotatable bonds is 5. The van der Waals surface area contributed by atoms with E-state index in [1.165, 1.54) is 6.92 Å². The zero-order valence-corrected chi connectivity index (χ0v) is 16.1. The Morgan fingerprint density at radius 2 is 2.00 bits per heavy atom. The summed E-state index contributed by atoms with van der Waals surface area (Å²) in [6.45, 7) is 5.86. The third-order valence-electron chi connectivity index (χ3n) is 4.70. The summed E-state index contributed by atoms with van der Waals surface area (Å²) in [5.41, 5.74) is 3.97. The molecule has 1 N–H and O–H groups in total. The van der Waals surface area contributed by atoms with Crippen LogP contribution >= 0.6 is 0 Å². The van der Waals surface area contributed by atoms with E-state index in [4.69, 9.17) is 0 Å². The Morgan fingerprint density at radius 1 is 1.23 bits per heavy atom. The molecule has 1 aliphatic rings. The van der Waals surface area contributed by atoms with Crippen molar-refractivity contribution >= 4 is 21.6 Å². The maximum Gasteiger partial charge on any atom is 0.240 e. The number of nitrogens with one attached hydrogen (secondary N) is 1. The van der Waals surface area contributed by atoms with Crippen molar-refractivity contribution in [2.45, 2.75) is 44.6 Å². The zero-order valence-electron chi connectivity index (χ0n) is 15.3. The summed E-state index contributed by atoms with van der Waals surface area (Å²) in [6, 6.07) is 13.1. The van der Waals surface area contributed by atoms with Crippen molar-refractivity contribution in [3.8, 4) is 0 Å². The number of anilines is 1. The van der Waals surface area contributed by atoms with E-state index in [9.17, 15) is 13.2 Å². The Bertz CT molecular complexity index is 938. The molecule has 0 radical (unpaired) electrons. The number of hydrogen-bond acceptors (Lipinski definition) is 3.